The Morgan fingerprint density at radius 1 is 0.821 bits per heavy atom. The number of carbonyl (C=O) groups excluding carboxylic acids is 2. The van der Waals surface area contributed by atoms with Crippen LogP contribution in [0.2, 0.25) is 0 Å². The highest BCUT2D eigenvalue weighted by molar-refractivity contribution is 5.81. The first-order valence-electron chi connectivity index (χ1n) is 8.60. The number of nitrogens with one attached hydrogen (secondary N) is 2. The molecule has 0 aliphatic heterocycles. The molecule has 11 heteroatoms. The van der Waals surface area contributed by atoms with Gasteiger partial charge in [-0.1, -0.05) is 0 Å². The van der Waals surface area contributed by atoms with Crippen LogP contribution in [0.25, 0.3) is 0 Å². The van der Waals surface area contributed by atoms with Crippen molar-refractivity contribution in [1.82, 2.24) is 10.6 Å². The molecule has 162 valence electrons. The first kappa shape index (κ1) is 25.4. The molecule has 2 amide bonds. The maximum Gasteiger partial charge on any atom is 0.408 e. The Labute approximate surface area is 162 Å². The number of alkyl carbamates (subject to hydrolysis) is 2. The van der Waals surface area contributed by atoms with Crippen LogP contribution >= 0.6 is 0 Å². The van der Waals surface area contributed by atoms with E-state index in [9.17, 15) is 23.6 Å². The lowest BCUT2D eigenvalue weighted by Crippen LogP contribution is -2.49. The van der Waals surface area contributed by atoms with Crippen LogP contribution in [0.5, 0.6) is 0 Å². The molecule has 0 heterocycles. The molecule has 0 aromatic rings. The third-order valence-corrected chi connectivity index (χ3v) is 3.02. The molecule has 28 heavy (non-hydrogen) atoms. The summed E-state index contributed by atoms with van der Waals surface area (Å²) in [5.74, 6) is -3.09. The lowest BCUT2D eigenvalue weighted by molar-refractivity contribution is -0.141. The number of carboxylic acids is 2. The van der Waals surface area contributed by atoms with Gasteiger partial charge in [0.2, 0.25) is 0 Å². The second kappa shape index (κ2) is 10.1. The number of aliphatic carboxylic acids is 2. The monoisotopic (exact) mass is 408 g/mol. The van der Waals surface area contributed by atoms with E-state index >= 15 is 0 Å². The summed E-state index contributed by atoms with van der Waals surface area (Å²) < 4.78 is 24.2. The highest BCUT2D eigenvalue weighted by atomic mass is 19.1. The van der Waals surface area contributed by atoms with E-state index in [-0.39, 0.29) is 0 Å². The second-order valence-corrected chi connectivity index (χ2v) is 8.09. The van der Waals surface area contributed by atoms with E-state index in [4.69, 9.17) is 19.7 Å². The number of amides is 2. The molecule has 0 radical (unpaired) electrons. The number of rotatable bonds is 8. The van der Waals surface area contributed by atoms with E-state index in [2.05, 4.69) is 5.32 Å². The summed E-state index contributed by atoms with van der Waals surface area (Å²) >= 11 is 0. The van der Waals surface area contributed by atoms with Crippen molar-refractivity contribution in [1.29, 1.82) is 0 Å². The zero-order valence-electron chi connectivity index (χ0n) is 16.9. The minimum atomic E-state index is -2.12. The van der Waals surface area contributed by atoms with Crippen LogP contribution in [0.1, 0.15) is 54.4 Å². The number of carbonyl (C=O) groups is 4. The Morgan fingerprint density at radius 2 is 1.25 bits per heavy atom. The van der Waals surface area contributed by atoms with E-state index in [0.717, 1.165) is 0 Å². The molecule has 0 saturated heterocycles. The Bertz CT molecular complexity index is 583. The molecule has 0 fully saturated rings. The second-order valence-electron chi connectivity index (χ2n) is 8.09. The van der Waals surface area contributed by atoms with Crippen LogP contribution in [-0.2, 0) is 19.1 Å². The fraction of sp³-hybridized carbons (Fsp3) is 0.765. The molecule has 0 rings (SSSR count). The average molecular weight is 408 g/mol. The molecule has 4 N–H and O–H groups in total. The van der Waals surface area contributed by atoms with E-state index in [1.807, 2.05) is 5.32 Å². The summed E-state index contributed by atoms with van der Waals surface area (Å²) in [6.07, 6.45) is -5.22. The first-order chi connectivity index (χ1) is 12.5. The van der Waals surface area contributed by atoms with Crippen molar-refractivity contribution < 1.29 is 43.3 Å². The number of hydrogen-bond donors (Lipinski definition) is 4. The zero-order valence-corrected chi connectivity index (χ0v) is 16.9. The Balaban J connectivity index is 4.89. The summed E-state index contributed by atoms with van der Waals surface area (Å²) in [4.78, 5) is 45.8. The zero-order chi connectivity index (χ0) is 22.3. The van der Waals surface area contributed by atoms with E-state index < -0.39 is 66.4 Å². The van der Waals surface area contributed by atoms with Crippen LogP contribution in [0.15, 0.2) is 0 Å². The lowest BCUT2D eigenvalue weighted by Gasteiger charge is -2.24. The van der Waals surface area contributed by atoms with Crippen molar-refractivity contribution in [2.75, 3.05) is 0 Å². The Hall–Kier alpha value is -2.59. The van der Waals surface area contributed by atoms with Crippen molar-refractivity contribution in [3.05, 3.63) is 0 Å². The van der Waals surface area contributed by atoms with Gasteiger partial charge in [0.05, 0.1) is 0 Å². The SMILES string of the molecule is CC(C)(C)OC(=O)NC(CCC(F)C(NC(=O)OC(C)(C)C)C(=O)O)C(=O)O. The molecule has 0 bridgehead atoms. The molecule has 10 nitrogen and oxygen atoms in total. The molecule has 0 aliphatic carbocycles. The average Bonchev–Trinajstić information content (AvgIpc) is 2.44. The molecule has 0 spiro atoms. The van der Waals surface area contributed by atoms with Gasteiger partial charge in [-0.2, -0.15) is 0 Å². The van der Waals surface area contributed by atoms with Crippen molar-refractivity contribution in [2.45, 2.75) is 83.8 Å². The highest BCUT2D eigenvalue weighted by Gasteiger charge is 2.33. The molecule has 0 aromatic carbocycles. The number of carboxylic acid groups (broad SMARTS) is 2. The molecular formula is C17H29FN2O8. The summed E-state index contributed by atoms with van der Waals surface area (Å²) in [5, 5.41) is 22.3. The standard InChI is InChI=1S/C17H29FN2O8/c1-16(2,3)27-14(25)19-10(12(21)22)8-7-9(18)11(13(23)24)20-15(26)28-17(4,5)6/h9-11H,7-8H2,1-6H3,(H,19,25)(H,20,26)(H,21,22)(H,23,24). The van der Waals surface area contributed by atoms with Crippen molar-refractivity contribution in [2.24, 2.45) is 0 Å². The minimum absolute atomic E-state index is 0.421. The number of ether oxygens (including phenoxy) is 2. The Kier molecular flexibility index (Phi) is 9.16. The van der Waals surface area contributed by atoms with Gasteiger partial charge in [-0.15, -0.1) is 0 Å². The topological polar surface area (TPSA) is 151 Å². The lowest BCUT2D eigenvalue weighted by atomic mass is 10.0. The molecule has 3 unspecified atom stereocenters. The fourth-order valence-corrected chi connectivity index (χ4v) is 1.94. The van der Waals surface area contributed by atoms with Crippen LogP contribution in [0.4, 0.5) is 14.0 Å². The molecule has 0 aliphatic rings. The molecule has 0 aromatic heterocycles. The van der Waals surface area contributed by atoms with Crippen molar-refractivity contribution in [3.8, 4) is 0 Å². The van der Waals surface area contributed by atoms with Crippen LogP contribution in [-0.4, -0.2) is 63.8 Å². The maximum atomic E-state index is 14.4. The van der Waals surface area contributed by atoms with Crippen molar-refractivity contribution >= 4 is 24.1 Å². The van der Waals surface area contributed by atoms with Gasteiger partial charge in [0.25, 0.3) is 0 Å². The third-order valence-electron chi connectivity index (χ3n) is 3.02. The van der Waals surface area contributed by atoms with Gasteiger partial charge >= 0.3 is 24.1 Å². The van der Waals surface area contributed by atoms with Crippen molar-refractivity contribution in [3.63, 3.8) is 0 Å². The van der Waals surface area contributed by atoms with Gasteiger partial charge in [0, 0.05) is 0 Å². The van der Waals surface area contributed by atoms with Gasteiger partial charge < -0.3 is 30.3 Å². The summed E-state index contributed by atoms with van der Waals surface area (Å²) in [7, 11) is 0. The number of hydrogen-bond acceptors (Lipinski definition) is 6. The van der Waals surface area contributed by atoms with Crippen LogP contribution in [0.3, 0.4) is 0 Å². The van der Waals surface area contributed by atoms with Gasteiger partial charge in [-0.3, -0.25) is 0 Å². The Morgan fingerprint density at radius 3 is 1.61 bits per heavy atom. The highest BCUT2D eigenvalue weighted by Crippen LogP contribution is 2.14. The third kappa shape index (κ3) is 11.2. The first-order valence-corrected chi connectivity index (χ1v) is 8.60. The molecule has 0 saturated carbocycles. The summed E-state index contributed by atoms with van der Waals surface area (Å²) in [6, 6.07) is -3.44. The van der Waals surface area contributed by atoms with Gasteiger partial charge in [0.1, 0.15) is 23.4 Å². The maximum absolute atomic E-state index is 14.4. The predicted octanol–water partition coefficient (Wildman–Crippen LogP) is 2.06. The van der Waals surface area contributed by atoms with Crippen LogP contribution < -0.4 is 10.6 Å². The van der Waals surface area contributed by atoms with E-state index in [1.165, 1.54) is 0 Å². The minimum Gasteiger partial charge on any atom is -0.480 e. The fourth-order valence-electron chi connectivity index (χ4n) is 1.94. The van der Waals surface area contributed by atoms with Gasteiger partial charge in [-0.25, -0.2) is 23.6 Å². The smallest absolute Gasteiger partial charge is 0.408 e. The summed E-state index contributed by atoms with van der Waals surface area (Å²) in [5.41, 5.74) is -1.77. The van der Waals surface area contributed by atoms with Gasteiger partial charge in [-0.05, 0) is 54.4 Å². The van der Waals surface area contributed by atoms with Crippen LogP contribution in [0, 0.1) is 0 Å². The van der Waals surface area contributed by atoms with E-state index in [1.54, 1.807) is 41.5 Å². The molecule has 3 atom stereocenters. The summed E-state index contributed by atoms with van der Waals surface area (Å²) in [6.45, 7) is 9.40. The predicted molar refractivity (Wildman–Crippen MR) is 95.7 cm³/mol. The quantitative estimate of drug-likeness (QED) is 0.476. The largest absolute Gasteiger partial charge is 0.480 e. The normalized spacial score (nSPS) is 15.0. The van der Waals surface area contributed by atoms with Gasteiger partial charge in [0.15, 0.2) is 6.04 Å². The number of halogens is 1. The number of alkyl halides is 1. The van der Waals surface area contributed by atoms with E-state index in [0.29, 0.717) is 0 Å². The molecular weight excluding hydrogens is 379 g/mol.